The van der Waals surface area contributed by atoms with Gasteiger partial charge in [0.25, 0.3) is 11.7 Å². The first-order valence-corrected chi connectivity index (χ1v) is 9.82. The Bertz CT molecular complexity index is 1030. The highest BCUT2D eigenvalue weighted by Crippen LogP contribution is 2.40. The Hall–Kier alpha value is -3.55. The van der Waals surface area contributed by atoms with Crippen molar-refractivity contribution in [2.45, 2.75) is 31.7 Å². The molecular weight excluding hydrogens is 408 g/mol. The van der Waals surface area contributed by atoms with E-state index in [9.17, 15) is 28.3 Å². The molecule has 1 atom stereocenters. The summed E-state index contributed by atoms with van der Waals surface area (Å²) in [6.07, 6.45) is 1.29. The van der Waals surface area contributed by atoms with Crippen LogP contribution in [-0.2, 0) is 14.4 Å². The maximum absolute atomic E-state index is 14.6. The van der Waals surface area contributed by atoms with Gasteiger partial charge in [-0.3, -0.25) is 14.4 Å². The molecule has 0 aromatic heterocycles. The van der Waals surface area contributed by atoms with Crippen LogP contribution in [-0.4, -0.2) is 39.3 Å². The number of Topliss-reactive ketones (excluding diaryl/α,β-unsaturated/α-hetero) is 1. The molecular formula is C23H21F2NO5. The molecule has 1 aliphatic rings. The van der Waals surface area contributed by atoms with Gasteiger partial charge in [0.15, 0.2) is 0 Å². The zero-order valence-electron chi connectivity index (χ0n) is 16.6. The number of hydrogen-bond donors (Lipinski definition) is 2. The Kier molecular flexibility index (Phi) is 6.79. The predicted molar refractivity (Wildman–Crippen MR) is 108 cm³/mol. The van der Waals surface area contributed by atoms with Gasteiger partial charge in [-0.15, -0.1) is 0 Å². The van der Waals surface area contributed by atoms with Crippen molar-refractivity contribution < 1.29 is 33.4 Å². The number of benzene rings is 2. The Morgan fingerprint density at radius 3 is 2.26 bits per heavy atom. The molecule has 2 aromatic carbocycles. The SMILES string of the molecule is O=C(O)CCCCCN1C(=O)C(=O)C(=C(O)c2ccc(F)cc2)C1c1ccccc1F. The number of likely N-dealkylation sites (tertiary alicyclic amines) is 1. The summed E-state index contributed by atoms with van der Waals surface area (Å²) in [5.74, 6) is -4.46. The number of hydrogen-bond acceptors (Lipinski definition) is 4. The first-order chi connectivity index (χ1) is 14.8. The number of carbonyl (C=O) groups excluding carboxylic acids is 2. The number of aliphatic hydroxyl groups is 1. The average molecular weight is 429 g/mol. The van der Waals surface area contributed by atoms with Gasteiger partial charge < -0.3 is 15.1 Å². The third-order valence-electron chi connectivity index (χ3n) is 5.15. The van der Waals surface area contributed by atoms with Crippen molar-refractivity contribution in [3.63, 3.8) is 0 Å². The first-order valence-electron chi connectivity index (χ1n) is 9.82. The molecule has 1 aliphatic heterocycles. The molecule has 1 saturated heterocycles. The molecule has 1 fully saturated rings. The van der Waals surface area contributed by atoms with Crippen molar-refractivity contribution in [3.8, 4) is 0 Å². The molecule has 6 nitrogen and oxygen atoms in total. The van der Waals surface area contributed by atoms with E-state index in [0.29, 0.717) is 19.3 Å². The maximum atomic E-state index is 14.6. The third-order valence-corrected chi connectivity index (χ3v) is 5.15. The molecule has 0 aliphatic carbocycles. The van der Waals surface area contributed by atoms with Crippen molar-refractivity contribution in [1.29, 1.82) is 0 Å². The lowest BCUT2D eigenvalue weighted by atomic mass is 9.95. The highest BCUT2D eigenvalue weighted by atomic mass is 19.1. The van der Waals surface area contributed by atoms with Crippen molar-refractivity contribution >= 4 is 23.4 Å². The fourth-order valence-corrected chi connectivity index (χ4v) is 3.63. The summed E-state index contributed by atoms with van der Waals surface area (Å²) in [5.41, 5.74) is -0.0923. The Labute approximate surface area is 177 Å². The van der Waals surface area contributed by atoms with Gasteiger partial charge >= 0.3 is 5.97 Å². The molecule has 0 bridgehead atoms. The van der Waals surface area contributed by atoms with Crippen LogP contribution >= 0.6 is 0 Å². The molecule has 1 amide bonds. The third kappa shape index (κ3) is 4.79. The van der Waals surface area contributed by atoms with Gasteiger partial charge in [0, 0.05) is 24.1 Å². The Morgan fingerprint density at radius 2 is 1.61 bits per heavy atom. The molecule has 1 heterocycles. The number of amides is 1. The number of carbonyl (C=O) groups is 3. The maximum Gasteiger partial charge on any atom is 0.303 e. The number of carboxylic acid groups (broad SMARTS) is 1. The van der Waals surface area contributed by atoms with E-state index in [2.05, 4.69) is 0 Å². The first kappa shape index (κ1) is 22.1. The van der Waals surface area contributed by atoms with Crippen LogP contribution in [0.5, 0.6) is 0 Å². The minimum absolute atomic E-state index is 0.0138. The molecule has 0 spiro atoms. The fourth-order valence-electron chi connectivity index (χ4n) is 3.63. The van der Waals surface area contributed by atoms with E-state index in [4.69, 9.17) is 5.11 Å². The normalized spacial score (nSPS) is 17.9. The average Bonchev–Trinajstić information content (AvgIpc) is 2.98. The summed E-state index contributed by atoms with van der Waals surface area (Å²) in [5, 5.41) is 19.5. The zero-order chi connectivity index (χ0) is 22.5. The van der Waals surface area contributed by atoms with Gasteiger partial charge in [-0.25, -0.2) is 8.78 Å². The van der Waals surface area contributed by atoms with E-state index in [-0.39, 0.29) is 29.7 Å². The summed E-state index contributed by atoms with van der Waals surface area (Å²) < 4.78 is 27.9. The molecule has 1 unspecified atom stereocenters. The number of unbranched alkanes of at least 4 members (excludes halogenated alkanes) is 2. The van der Waals surface area contributed by atoms with Crippen molar-refractivity contribution in [1.82, 2.24) is 4.90 Å². The van der Waals surface area contributed by atoms with Gasteiger partial charge in [0.05, 0.1) is 11.6 Å². The molecule has 3 rings (SSSR count). The van der Waals surface area contributed by atoms with Crippen LogP contribution in [0.2, 0.25) is 0 Å². The van der Waals surface area contributed by atoms with Crippen LogP contribution in [0, 0.1) is 11.6 Å². The number of aliphatic carboxylic acids is 1. The molecule has 8 heteroatoms. The number of nitrogens with zero attached hydrogens (tertiary/aromatic N) is 1. The van der Waals surface area contributed by atoms with Crippen LogP contribution in [0.15, 0.2) is 54.1 Å². The van der Waals surface area contributed by atoms with Crippen LogP contribution in [0.3, 0.4) is 0 Å². The van der Waals surface area contributed by atoms with Gasteiger partial charge in [0.1, 0.15) is 17.4 Å². The smallest absolute Gasteiger partial charge is 0.303 e. The van der Waals surface area contributed by atoms with E-state index in [0.717, 1.165) is 12.1 Å². The lowest BCUT2D eigenvalue weighted by molar-refractivity contribution is -0.140. The molecule has 2 N–H and O–H groups in total. The number of ketones is 1. The van der Waals surface area contributed by atoms with Gasteiger partial charge in [0.2, 0.25) is 0 Å². The largest absolute Gasteiger partial charge is 0.507 e. The van der Waals surface area contributed by atoms with E-state index in [1.807, 2.05) is 0 Å². The van der Waals surface area contributed by atoms with Crippen LogP contribution in [0.4, 0.5) is 8.78 Å². The number of aliphatic hydroxyl groups excluding tert-OH is 1. The standard InChI is InChI=1S/C23H21F2NO5/c24-15-11-9-14(10-12-15)21(29)19-20(16-6-3-4-7-17(16)25)26(23(31)22(19)30)13-5-1-2-8-18(27)28/h3-4,6-7,9-12,20,29H,1-2,5,8,13H2,(H,27,28). The second-order valence-electron chi connectivity index (χ2n) is 7.23. The zero-order valence-corrected chi connectivity index (χ0v) is 16.6. The van der Waals surface area contributed by atoms with Crippen molar-refractivity contribution in [2.24, 2.45) is 0 Å². The summed E-state index contributed by atoms with van der Waals surface area (Å²) in [6.45, 7) is 0.0867. The lowest BCUT2D eigenvalue weighted by Gasteiger charge is -2.25. The molecule has 162 valence electrons. The summed E-state index contributed by atoms with van der Waals surface area (Å²) >= 11 is 0. The molecule has 2 aromatic rings. The van der Waals surface area contributed by atoms with Gasteiger partial charge in [-0.1, -0.05) is 24.6 Å². The fraction of sp³-hybridized carbons (Fsp3) is 0.261. The van der Waals surface area contributed by atoms with Crippen LogP contribution in [0.25, 0.3) is 5.76 Å². The number of halogens is 2. The second-order valence-corrected chi connectivity index (χ2v) is 7.23. The second kappa shape index (κ2) is 9.51. The van der Waals surface area contributed by atoms with Crippen LogP contribution in [0.1, 0.15) is 42.9 Å². The minimum Gasteiger partial charge on any atom is -0.507 e. The van der Waals surface area contributed by atoms with Crippen molar-refractivity contribution in [2.75, 3.05) is 6.54 Å². The van der Waals surface area contributed by atoms with E-state index < -0.39 is 41.1 Å². The number of carboxylic acids is 1. The molecule has 0 radical (unpaired) electrons. The van der Waals surface area contributed by atoms with Gasteiger partial charge in [-0.05, 0) is 43.2 Å². The Morgan fingerprint density at radius 1 is 0.935 bits per heavy atom. The monoisotopic (exact) mass is 429 g/mol. The highest BCUT2D eigenvalue weighted by molar-refractivity contribution is 6.46. The number of rotatable bonds is 8. The molecule has 31 heavy (non-hydrogen) atoms. The lowest BCUT2D eigenvalue weighted by Crippen LogP contribution is -2.31. The van der Waals surface area contributed by atoms with E-state index in [1.54, 1.807) is 6.07 Å². The van der Waals surface area contributed by atoms with E-state index in [1.165, 1.54) is 35.2 Å². The van der Waals surface area contributed by atoms with E-state index >= 15 is 0 Å². The van der Waals surface area contributed by atoms with Gasteiger partial charge in [-0.2, -0.15) is 0 Å². The summed E-state index contributed by atoms with van der Waals surface area (Å²) in [6, 6.07) is 9.25. The molecule has 0 saturated carbocycles. The topological polar surface area (TPSA) is 94.9 Å². The summed E-state index contributed by atoms with van der Waals surface area (Å²) in [7, 11) is 0. The predicted octanol–water partition coefficient (Wildman–Crippen LogP) is 4.03. The highest BCUT2D eigenvalue weighted by Gasteiger charge is 2.46. The van der Waals surface area contributed by atoms with Crippen molar-refractivity contribution in [3.05, 3.63) is 76.9 Å². The van der Waals surface area contributed by atoms with Crippen LogP contribution < -0.4 is 0 Å². The quantitative estimate of drug-likeness (QED) is 0.286. The minimum atomic E-state index is -1.15. The Balaban J connectivity index is 1.99. The summed E-state index contributed by atoms with van der Waals surface area (Å²) in [4.78, 5) is 37.4.